The molecule has 2 aliphatic rings. The zero-order valence-corrected chi connectivity index (χ0v) is 15.5. The number of nitrogens with one attached hydrogen (secondary N) is 2. The summed E-state index contributed by atoms with van der Waals surface area (Å²) in [6.07, 6.45) is 1.39. The summed E-state index contributed by atoms with van der Waals surface area (Å²) in [5, 5.41) is 6.41. The first-order valence-electron chi connectivity index (χ1n) is 8.74. The number of nitrogens with zero attached hydrogens (tertiary/aromatic N) is 2. The van der Waals surface area contributed by atoms with E-state index in [0.29, 0.717) is 32.0 Å². The maximum Gasteiger partial charge on any atom is 0.191 e. The highest BCUT2D eigenvalue weighted by molar-refractivity contribution is 7.91. The summed E-state index contributed by atoms with van der Waals surface area (Å²) in [6.45, 7) is 1.56. The second-order valence-electron chi connectivity index (χ2n) is 6.87. The molecule has 1 aromatic rings. The molecule has 0 spiro atoms. The van der Waals surface area contributed by atoms with E-state index in [1.165, 1.54) is 18.2 Å². The quantitative estimate of drug-likeness (QED) is 0.600. The van der Waals surface area contributed by atoms with E-state index in [0.717, 1.165) is 6.42 Å². The number of hydrogen-bond acceptors (Lipinski definition) is 4. The molecule has 2 atom stereocenters. The van der Waals surface area contributed by atoms with Gasteiger partial charge in [0.15, 0.2) is 15.8 Å². The van der Waals surface area contributed by atoms with Crippen molar-refractivity contribution in [2.75, 3.05) is 43.1 Å². The number of rotatable bonds is 4. The minimum absolute atomic E-state index is 0.00696. The monoisotopic (exact) mass is 386 g/mol. The van der Waals surface area contributed by atoms with E-state index in [1.54, 1.807) is 11.9 Å². The summed E-state index contributed by atoms with van der Waals surface area (Å²) < 4.78 is 50.9. The van der Waals surface area contributed by atoms with Crippen molar-refractivity contribution in [2.45, 2.75) is 18.9 Å². The standard InChI is InChI=1S/C17H24F2N4O2S/c1-20-17(21-9-12-6-8-26(24,25)11-12)22-13-5-7-23(10-13)16-14(18)3-2-4-15(16)19/h2-4,12-13H,5-11H2,1H3,(H2,20,21,22). The molecule has 2 heterocycles. The summed E-state index contributed by atoms with van der Waals surface area (Å²) in [6, 6.07) is 3.88. The van der Waals surface area contributed by atoms with Crippen LogP contribution in [0.25, 0.3) is 0 Å². The molecule has 1 aromatic carbocycles. The first kappa shape index (κ1) is 18.9. The van der Waals surface area contributed by atoms with Gasteiger partial charge >= 0.3 is 0 Å². The van der Waals surface area contributed by atoms with Gasteiger partial charge in [0.2, 0.25) is 0 Å². The lowest BCUT2D eigenvalue weighted by atomic mass is 10.1. The van der Waals surface area contributed by atoms with Gasteiger partial charge in [-0.25, -0.2) is 17.2 Å². The largest absolute Gasteiger partial charge is 0.365 e. The Hall–Kier alpha value is -1.90. The van der Waals surface area contributed by atoms with Crippen LogP contribution in [0.4, 0.5) is 14.5 Å². The van der Waals surface area contributed by atoms with Gasteiger partial charge in [-0.3, -0.25) is 4.99 Å². The predicted octanol–water partition coefficient (Wildman–Crippen LogP) is 1.14. The van der Waals surface area contributed by atoms with E-state index in [9.17, 15) is 17.2 Å². The smallest absolute Gasteiger partial charge is 0.191 e. The van der Waals surface area contributed by atoms with E-state index in [2.05, 4.69) is 15.6 Å². The van der Waals surface area contributed by atoms with Crippen LogP contribution in [0.3, 0.4) is 0 Å². The third-order valence-corrected chi connectivity index (χ3v) is 6.73. The molecular formula is C17H24F2N4O2S. The Balaban J connectivity index is 1.52. The van der Waals surface area contributed by atoms with Crippen LogP contribution in [0, 0.1) is 17.6 Å². The maximum atomic E-state index is 13.9. The molecule has 26 heavy (non-hydrogen) atoms. The van der Waals surface area contributed by atoms with Crippen LogP contribution in [0.1, 0.15) is 12.8 Å². The van der Waals surface area contributed by atoms with Crippen molar-refractivity contribution in [3.8, 4) is 0 Å². The van der Waals surface area contributed by atoms with Gasteiger partial charge in [0, 0.05) is 32.7 Å². The lowest BCUT2D eigenvalue weighted by molar-refractivity contribution is 0.558. The SMILES string of the molecule is CN=C(NCC1CCS(=O)(=O)C1)NC1CCN(c2c(F)cccc2F)C1. The fourth-order valence-electron chi connectivity index (χ4n) is 3.53. The minimum atomic E-state index is -2.90. The summed E-state index contributed by atoms with van der Waals surface area (Å²) in [7, 11) is -1.25. The van der Waals surface area contributed by atoms with Gasteiger partial charge in [-0.2, -0.15) is 0 Å². The van der Waals surface area contributed by atoms with E-state index in [-0.39, 0.29) is 29.2 Å². The summed E-state index contributed by atoms with van der Waals surface area (Å²) in [5.74, 6) is 0.00488. The van der Waals surface area contributed by atoms with E-state index in [4.69, 9.17) is 0 Å². The Morgan fingerprint density at radius 3 is 2.65 bits per heavy atom. The van der Waals surface area contributed by atoms with Crippen LogP contribution in [0.5, 0.6) is 0 Å². The normalized spacial score (nSPS) is 25.5. The molecule has 0 amide bonds. The highest BCUT2D eigenvalue weighted by Crippen LogP contribution is 2.26. The number of halogens is 2. The highest BCUT2D eigenvalue weighted by Gasteiger charge is 2.29. The van der Waals surface area contributed by atoms with Crippen LogP contribution in [-0.2, 0) is 9.84 Å². The van der Waals surface area contributed by atoms with Gasteiger partial charge in [0.1, 0.15) is 17.3 Å². The summed E-state index contributed by atoms with van der Waals surface area (Å²) in [5.41, 5.74) is 0.0101. The average Bonchev–Trinajstić information content (AvgIpc) is 3.17. The molecule has 2 unspecified atom stereocenters. The summed E-state index contributed by atoms with van der Waals surface area (Å²) >= 11 is 0. The Morgan fingerprint density at radius 2 is 2.04 bits per heavy atom. The van der Waals surface area contributed by atoms with Crippen molar-refractivity contribution >= 4 is 21.5 Å². The number of guanidine groups is 1. The van der Waals surface area contributed by atoms with Gasteiger partial charge in [0.25, 0.3) is 0 Å². The lowest BCUT2D eigenvalue weighted by Gasteiger charge is -2.21. The number of sulfone groups is 1. The van der Waals surface area contributed by atoms with Crippen molar-refractivity contribution in [1.82, 2.24) is 10.6 Å². The topological polar surface area (TPSA) is 73.8 Å². The number of anilines is 1. The molecule has 0 radical (unpaired) electrons. The molecule has 0 saturated carbocycles. The number of hydrogen-bond donors (Lipinski definition) is 2. The molecular weight excluding hydrogens is 362 g/mol. The van der Waals surface area contributed by atoms with Gasteiger partial charge in [0.05, 0.1) is 11.5 Å². The molecule has 6 nitrogen and oxygen atoms in total. The van der Waals surface area contributed by atoms with E-state index < -0.39 is 21.5 Å². The maximum absolute atomic E-state index is 13.9. The minimum Gasteiger partial charge on any atom is -0.365 e. The molecule has 2 saturated heterocycles. The van der Waals surface area contributed by atoms with Crippen LogP contribution < -0.4 is 15.5 Å². The molecule has 2 N–H and O–H groups in total. The second kappa shape index (κ2) is 7.77. The molecule has 9 heteroatoms. The number of aliphatic imine (C=N–C) groups is 1. The Bertz CT molecular complexity index is 765. The van der Waals surface area contributed by atoms with Gasteiger partial charge < -0.3 is 15.5 Å². The van der Waals surface area contributed by atoms with Crippen molar-refractivity contribution in [3.63, 3.8) is 0 Å². The molecule has 0 bridgehead atoms. The predicted molar refractivity (Wildman–Crippen MR) is 98.2 cm³/mol. The zero-order chi connectivity index (χ0) is 18.7. The van der Waals surface area contributed by atoms with Gasteiger partial charge in [-0.05, 0) is 30.9 Å². The van der Waals surface area contributed by atoms with Crippen molar-refractivity contribution in [1.29, 1.82) is 0 Å². The average molecular weight is 386 g/mol. The second-order valence-corrected chi connectivity index (χ2v) is 9.10. The van der Waals surface area contributed by atoms with Crippen LogP contribution in [-0.4, -0.2) is 58.6 Å². The molecule has 2 fully saturated rings. The zero-order valence-electron chi connectivity index (χ0n) is 14.7. The van der Waals surface area contributed by atoms with Gasteiger partial charge in [-0.15, -0.1) is 0 Å². The van der Waals surface area contributed by atoms with Crippen LogP contribution in [0.15, 0.2) is 23.2 Å². The Labute approximate surface area is 152 Å². The number of benzene rings is 1. The molecule has 0 aromatic heterocycles. The van der Waals surface area contributed by atoms with Crippen LogP contribution >= 0.6 is 0 Å². The molecule has 3 rings (SSSR count). The third kappa shape index (κ3) is 4.44. The lowest BCUT2D eigenvalue weighted by Crippen LogP contribution is -2.46. The summed E-state index contributed by atoms with van der Waals surface area (Å²) in [4.78, 5) is 5.85. The fourth-order valence-corrected chi connectivity index (χ4v) is 5.40. The van der Waals surface area contributed by atoms with E-state index in [1.807, 2.05) is 0 Å². The van der Waals surface area contributed by atoms with E-state index >= 15 is 0 Å². The van der Waals surface area contributed by atoms with Crippen molar-refractivity contribution in [2.24, 2.45) is 10.9 Å². The number of para-hydroxylation sites is 1. The Kier molecular flexibility index (Phi) is 5.64. The van der Waals surface area contributed by atoms with Gasteiger partial charge in [-0.1, -0.05) is 6.07 Å². The molecule has 2 aliphatic heterocycles. The van der Waals surface area contributed by atoms with Crippen LogP contribution in [0.2, 0.25) is 0 Å². The fraction of sp³-hybridized carbons (Fsp3) is 0.588. The third-order valence-electron chi connectivity index (χ3n) is 4.89. The Morgan fingerprint density at radius 1 is 1.31 bits per heavy atom. The first-order chi connectivity index (χ1) is 12.4. The first-order valence-corrected chi connectivity index (χ1v) is 10.6. The highest BCUT2D eigenvalue weighted by atomic mass is 32.2. The van der Waals surface area contributed by atoms with Crippen molar-refractivity contribution < 1.29 is 17.2 Å². The molecule has 0 aliphatic carbocycles. The molecule has 144 valence electrons. The van der Waals surface area contributed by atoms with Crippen molar-refractivity contribution in [3.05, 3.63) is 29.8 Å².